The number of ether oxygens (including phenoxy) is 2. The number of benzene rings is 2. The summed E-state index contributed by atoms with van der Waals surface area (Å²) in [5.41, 5.74) is 3.23. The zero-order valence-corrected chi connectivity index (χ0v) is 17.9. The second kappa shape index (κ2) is 10.1. The first-order valence-corrected chi connectivity index (χ1v) is 9.66. The summed E-state index contributed by atoms with van der Waals surface area (Å²) < 4.78 is 10.1. The third-order valence-corrected chi connectivity index (χ3v) is 4.74. The minimum atomic E-state index is -0.365. The summed E-state index contributed by atoms with van der Waals surface area (Å²) in [4.78, 5) is 11.9. The maximum absolute atomic E-state index is 11.9. The summed E-state index contributed by atoms with van der Waals surface area (Å²) in [6.45, 7) is 6.23. The number of rotatable bonds is 7. The molecule has 0 spiro atoms. The topological polar surface area (TPSA) is 59.6 Å². The Bertz CT molecular complexity index is 819. The van der Waals surface area contributed by atoms with E-state index in [-0.39, 0.29) is 12.0 Å². The number of carbonyl (C=O) groups excluding carboxylic acids is 1. The van der Waals surface area contributed by atoms with Gasteiger partial charge in [-0.2, -0.15) is 0 Å². The van der Waals surface area contributed by atoms with E-state index in [1.54, 1.807) is 19.2 Å². The van der Waals surface area contributed by atoms with Crippen LogP contribution in [0.25, 0.3) is 0 Å². The Morgan fingerprint density at radius 2 is 1.79 bits per heavy atom. The molecule has 0 saturated carbocycles. The molecule has 0 radical (unpaired) electrons. The molecular weight excluding hydrogens is 372 g/mol. The number of anilines is 1. The smallest absolute Gasteiger partial charge is 0.338 e. The molecule has 0 aliphatic rings. The van der Waals surface area contributed by atoms with Crippen LogP contribution in [0.5, 0.6) is 5.75 Å². The predicted molar refractivity (Wildman–Crippen MR) is 117 cm³/mol. The maximum Gasteiger partial charge on any atom is 0.338 e. The zero-order chi connectivity index (χ0) is 20.7. The minimum absolute atomic E-state index is 0.0648. The number of hydrogen-bond donors (Lipinski definition) is 2. The van der Waals surface area contributed by atoms with Gasteiger partial charge < -0.3 is 20.1 Å². The first-order chi connectivity index (χ1) is 13.3. The van der Waals surface area contributed by atoms with E-state index in [0.717, 1.165) is 29.0 Å². The molecule has 0 saturated heterocycles. The average molecular weight is 401 g/mol. The van der Waals surface area contributed by atoms with Crippen LogP contribution in [-0.2, 0) is 4.74 Å². The number of carbonyl (C=O) groups is 1. The molecular formula is C22H28N2O3S. The van der Waals surface area contributed by atoms with E-state index < -0.39 is 0 Å². The van der Waals surface area contributed by atoms with Gasteiger partial charge in [0.1, 0.15) is 5.75 Å². The van der Waals surface area contributed by atoms with Crippen molar-refractivity contribution in [3.63, 3.8) is 0 Å². The van der Waals surface area contributed by atoms with Crippen LogP contribution < -0.4 is 15.4 Å². The Balaban J connectivity index is 2.16. The number of nitrogens with one attached hydrogen (secondary N) is 2. The number of hydrogen-bond acceptors (Lipinski definition) is 4. The fourth-order valence-corrected chi connectivity index (χ4v) is 3.26. The molecule has 0 amide bonds. The highest BCUT2D eigenvalue weighted by atomic mass is 32.1. The molecule has 28 heavy (non-hydrogen) atoms. The Kier molecular flexibility index (Phi) is 7.81. The van der Waals surface area contributed by atoms with Crippen LogP contribution in [0.4, 0.5) is 5.69 Å². The van der Waals surface area contributed by atoms with E-state index in [1.165, 1.54) is 7.11 Å². The van der Waals surface area contributed by atoms with E-state index >= 15 is 0 Å². The molecule has 5 nitrogen and oxygen atoms in total. The molecule has 0 bridgehead atoms. The molecule has 0 aromatic heterocycles. The summed E-state index contributed by atoms with van der Waals surface area (Å²) in [7, 11) is 3.03. The lowest BCUT2D eigenvalue weighted by molar-refractivity contribution is 0.0600. The van der Waals surface area contributed by atoms with E-state index in [4.69, 9.17) is 21.7 Å². The summed E-state index contributed by atoms with van der Waals surface area (Å²) in [6, 6.07) is 13.5. The highest BCUT2D eigenvalue weighted by Gasteiger charge is 2.17. The van der Waals surface area contributed by atoms with Gasteiger partial charge in [0.15, 0.2) is 5.11 Å². The molecule has 6 heteroatoms. The van der Waals surface area contributed by atoms with Crippen LogP contribution in [0.1, 0.15) is 47.8 Å². The summed E-state index contributed by atoms with van der Waals surface area (Å²) in [6.07, 6.45) is 0.926. The lowest BCUT2D eigenvalue weighted by Crippen LogP contribution is -2.33. The molecule has 2 N–H and O–H groups in total. The van der Waals surface area contributed by atoms with E-state index in [0.29, 0.717) is 16.6 Å². The first kappa shape index (κ1) is 21.7. The molecule has 150 valence electrons. The van der Waals surface area contributed by atoms with Crippen LogP contribution in [0.15, 0.2) is 42.5 Å². The van der Waals surface area contributed by atoms with E-state index in [2.05, 4.69) is 24.5 Å². The quantitative estimate of drug-likeness (QED) is 0.511. The summed E-state index contributed by atoms with van der Waals surface area (Å²) in [5.74, 6) is 0.950. The fourth-order valence-electron chi connectivity index (χ4n) is 3.00. The standard InChI is InChI=1S/C22H28N2O3S/c1-14(2)13-20(16-9-11-17(26-4)12-10-16)24-22(28)23-19-8-6-7-18(15(19)3)21(25)27-5/h6-12,14,20H,13H2,1-5H3,(H2,23,24,28)/t20-/m0/s1. The largest absolute Gasteiger partial charge is 0.497 e. The fraction of sp³-hybridized carbons (Fsp3) is 0.364. The summed E-state index contributed by atoms with van der Waals surface area (Å²) >= 11 is 5.55. The highest BCUT2D eigenvalue weighted by Crippen LogP contribution is 2.25. The molecule has 0 aliphatic carbocycles. The van der Waals surface area contributed by atoms with Gasteiger partial charge in [-0.3, -0.25) is 0 Å². The van der Waals surface area contributed by atoms with Crippen molar-refractivity contribution in [1.29, 1.82) is 0 Å². The van der Waals surface area contributed by atoms with Crippen molar-refractivity contribution in [3.05, 3.63) is 59.2 Å². The Hall–Kier alpha value is -2.60. The molecule has 0 heterocycles. The third kappa shape index (κ3) is 5.70. The van der Waals surface area contributed by atoms with Crippen molar-refractivity contribution >= 4 is 29.0 Å². The van der Waals surface area contributed by atoms with Gasteiger partial charge in [0, 0.05) is 5.69 Å². The molecule has 0 unspecified atom stereocenters. The second-order valence-electron chi connectivity index (χ2n) is 7.02. The second-order valence-corrected chi connectivity index (χ2v) is 7.43. The van der Waals surface area contributed by atoms with Crippen molar-refractivity contribution in [2.45, 2.75) is 33.2 Å². The van der Waals surface area contributed by atoms with Gasteiger partial charge in [0.2, 0.25) is 0 Å². The number of esters is 1. The Labute approximate surface area is 172 Å². The first-order valence-electron chi connectivity index (χ1n) is 9.25. The van der Waals surface area contributed by atoms with Gasteiger partial charge in [-0.05, 0) is 66.9 Å². The lowest BCUT2D eigenvalue weighted by Gasteiger charge is -2.24. The predicted octanol–water partition coefficient (Wildman–Crippen LogP) is 4.86. The zero-order valence-electron chi connectivity index (χ0n) is 17.0. The molecule has 2 aromatic carbocycles. The normalized spacial score (nSPS) is 11.6. The molecule has 0 aliphatic heterocycles. The van der Waals surface area contributed by atoms with Crippen LogP contribution in [0.2, 0.25) is 0 Å². The lowest BCUT2D eigenvalue weighted by atomic mass is 9.97. The SMILES string of the molecule is COC(=O)c1cccc(NC(=S)N[C@@H](CC(C)C)c2ccc(OC)cc2)c1C. The van der Waals surface area contributed by atoms with Gasteiger partial charge in [-0.1, -0.05) is 32.0 Å². The monoisotopic (exact) mass is 400 g/mol. The number of thiocarbonyl (C=S) groups is 1. The summed E-state index contributed by atoms with van der Waals surface area (Å²) in [5, 5.41) is 7.12. The highest BCUT2D eigenvalue weighted by molar-refractivity contribution is 7.80. The van der Waals surface area contributed by atoms with Gasteiger partial charge in [-0.15, -0.1) is 0 Å². The Morgan fingerprint density at radius 3 is 2.36 bits per heavy atom. The van der Waals surface area contributed by atoms with E-state index in [9.17, 15) is 4.79 Å². The maximum atomic E-state index is 11.9. The van der Waals surface area contributed by atoms with Crippen molar-refractivity contribution in [3.8, 4) is 5.75 Å². The van der Waals surface area contributed by atoms with Gasteiger partial charge in [0.25, 0.3) is 0 Å². The van der Waals surface area contributed by atoms with Crippen molar-refractivity contribution in [1.82, 2.24) is 5.32 Å². The van der Waals surface area contributed by atoms with E-state index in [1.807, 2.05) is 37.3 Å². The average Bonchev–Trinajstić information content (AvgIpc) is 2.68. The van der Waals surface area contributed by atoms with Crippen LogP contribution in [-0.4, -0.2) is 25.3 Å². The van der Waals surface area contributed by atoms with Gasteiger partial charge in [0.05, 0.1) is 25.8 Å². The van der Waals surface area contributed by atoms with Crippen LogP contribution >= 0.6 is 12.2 Å². The molecule has 0 fully saturated rings. The molecule has 2 aromatic rings. The van der Waals surface area contributed by atoms with Crippen LogP contribution in [0, 0.1) is 12.8 Å². The minimum Gasteiger partial charge on any atom is -0.497 e. The van der Waals surface area contributed by atoms with Crippen LogP contribution in [0.3, 0.4) is 0 Å². The van der Waals surface area contributed by atoms with Crippen molar-refractivity contribution in [2.75, 3.05) is 19.5 Å². The van der Waals surface area contributed by atoms with Crippen molar-refractivity contribution in [2.24, 2.45) is 5.92 Å². The third-order valence-electron chi connectivity index (χ3n) is 4.52. The Morgan fingerprint density at radius 1 is 1.11 bits per heavy atom. The van der Waals surface area contributed by atoms with Gasteiger partial charge >= 0.3 is 5.97 Å². The molecule has 2 rings (SSSR count). The number of methoxy groups -OCH3 is 2. The van der Waals surface area contributed by atoms with Crippen molar-refractivity contribution < 1.29 is 14.3 Å². The van der Waals surface area contributed by atoms with Gasteiger partial charge in [-0.25, -0.2) is 4.79 Å². The molecule has 1 atom stereocenters.